The summed E-state index contributed by atoms with van der Waals surface area (Å²) in [5.74, 6) is 0.314. The van der Waals surface area contributed by atoms with Crippen LogP contribution in [0.2, 0.25) is 0 Å². The molecular formula is C14H21N3O4. The van der Waals surface area contributed by atoms with E-state index in [0.29, 0.717) is 17.9 Å². The van der Waals surface area contributed by atoms with Crippen molar-refractivity contribution in [1.82, 2.24) is 0 Å². The summed E-state index contributed by atoms with van der Waals surface area (Å²) in [6.45, 7) is 3.60. The molecule has 0 saturated heterocycles. The summed E-state index contributed by atoms with van der Waals surface area (Å²) in [6, 6.07) is 6.75. The summed E-state index contributed by atoms with van der Waals surface area (Å²) in [7, 11) is 1.51. The molecule has 1 amide bonds. The van der Waals surface area contributed by atoms with Crippen LogP contribution in [-0.4, -0.2) is 36.3 Å². The predicted octanol–water partition coefficient (Wildman–Crippen LogP) is 1.57. The van der Waals surface area contributed by atoms with Crippen LogP contribution < -0.4 is 15.8 Å². The second-order valence-corrected chi connectivity index (χ2v) is 4.65. The van der Waals surface area contributed by atoms with Gasteiger partial charge in [-0.25, -0.2) is 0 Å². The second-order valence-electron chi connectivity index (χ2n) is 4.65. The SMILES string of the molecule is CCC(C)(OC)C(=O)Nc1ccc(OC/C(N)=N/O)cc1. The number of rotatable bonds is 7. The van der Waals surface area contributed by atoms with Crippen LogP contribution in [0.25, 0.3) is 0 Å². The topological polar surface area (TPSA) is 106 Å². The molecular weight excluding hydrogens is 274 g/mol. The van der Waals surface area contributed by atoms with Crippen LogP contribution in [0.5, 0.6) is 5.75 Å². The van der Waals surface area contributed by atoms with Gasteiger partial charge in [-0.2, -0.15) is 0 Å². The molecule has 7 nitrogen and oxygen atoms in total. The maximum atomic E-state index is 12.1. The van der Waals surface area contributed by atoms with Gasteiger partial charge in [0, 0.05) is 12.8 Å². The van der Waals surface area contributed by atoms with Crippen molar-refractivity contribution in [2.24, 2.45) is 10.9 Å². The van der Waals surface area contributed by atoms with Crippen LogP contribution in [0.4, 0.5) is 5.69 Å². The third kappa shape index (κ3) is 4.64. The second kappa shape index (κ2) is 7.49. The van der Waals surface area contributed by atoms with E-state index in [1.165, 1.54) is 7.11 Å². The fourth-order valence-electron chi connectivity index (χ4n) is 1.48. The minimum absolute atomic E-state index is 0.0141. The average molecular weight is 295 g/mol. The van der Waals surface area contributed by atoms with Crippen LogP contribution in [0.15, 0.2) is 29.4 Å². The third-order valence-electron chi connectivity index (χ3n) is 3.23. The lowest BCUT2D eigenvalue weighted by Gasteiger charge is -2.25. The van der Waals surface area contributed by atoms with Gasteiger partial charge < -0.3 is 25.7 Å². The maximum Gasteiger partial charge on any atom is 0.256 e. The molecule has 0 aromatic heterocycles. The standard InChI is InChI=1S/C14H21N3O4/c1-4-14(2,20-3)13(18)16-10-5-7-11(8-6-10)21-9-12(15)17-19/h5-8,19H,4,9H2,1-3H3,(H2,15,17)(H,16,18). The molecule has 0 aliphatic rings. The van der Waals surface area contributed by atoms with Gasteiger partial charge in [0.25, 0.3) is 5.91 Å². The van der Waals surface area contributed by atoms with E-state index in [-0.39, 0.29) is 18.3 Å². The first kappa shape index (κ1) is 16.8. The quantitative estimate of drug-likeness (QED) is 0.306. The van der Waals surface area contributed by atoms with E-state index in [1.54, 1.807) is 31.2 Å². The first-order chi connectivity index (χ1) is 9.95. The molecule has 0 radical (unpaired) electrons. The van der Waals surface area contributed by atoms with Crippen LogP contribution in [0, 0.1) is 0 Å². The van der Waals surface area contributed by atoms with Gasteiger partial charge >= 0.3 is 0 Å². The number of nitrogens with zero attached hydrogens (tertiary/aromatic N) is 1. The minimum atomic E-state index is -0.860. The third-order valence-corrected chi connectivity index (χ3v) is 3.23. The summed E-state index contributed by atoms with van der Waals surface area (Å²) in [6.07, 6.45) is 0.566. The van der Waals surface area contributed by atoms with Crippen molar-refractivity contribution in [2.45, 2.75) is 25.9 Å². The zero-order valence-corrected chi connectivity index (χ0v) is 12.4. The van der Waals surface area contributed by atoms with Crippen molar-refractivity contribution < 1.29 is 19.5 Å². The van der Waals surface area contributed by atoms with Crippen molar-refractivity contribution in [2.75, 3.05) is 19.0 Å². The Balaban J connectivity index is 2.64. The van der Waals surface area contributed by atoms with Crippen molar-refractivity contribution >= 4 is 17.4 Å². The van der Waals surface area contributed by atoms with E-state index in [1.807, 2.05) is 6.92 Å². The van der Waals surface area contributed by atoms with Gasteiger partial charge in [0.15, 0.2) is 5.84 Å². The Labute approximate surface area is 123 Å². The van der Waals surface area contributed by atoms with Gasteiger partial charge in [-0.1, -0.05) is 12.1 Å². The molecule has 1 aromatic rings. The van der Waals surface area contributed by atoms with E-state index in [9.17, 15) is 4.79 Å². The zero-order chi connectivity index (χ0) is 15.9. The molecule has 1 rings (SSSR count). The van der Waals surface area contributed by atoms with Crippen LogP contribution in [0.1, 0.15) is 20.3 Å². The summed E-state index contributed by atoms with van der Waals surface area (Å²) >= 11 is 0. The molecule has 0 spiro atoms. The maximum absolute atomic E-state index is 12.1. The molecule has 1 unspecified atom stereocenters. The van der Waals surface area contributed by atoms with Crippen molar-refractivity contribution in [1.29, 1.82) is 0 Å². The molecule has 21 heavy (non-hydrogen) atoms. The number of nitrogens with one attached hydrogen (secondary N) is 1. The molecule has 0 saturated carbocycles. The largest absolute Gasteiger partial charge is 0.486 e. The lowest BCUT2D eigenvalue weighted by Crippen LogP contribution is -2.41. The van der Waals surface area contributed by atoms with E-state index < -0.39 is 5.60 Å². The van der Waals surface area contributed by atoms with Crippen molar-refractivity contribution in [3.63, 3.8) is 0 Å². The Morgan fingerprint density at radius 3 is 2.52 bits per heavy atom. The Morgan fingerprint density at radius 2 is 2.05 bits per heavy atom. The molecule has 0 aliphatic carbocycles. The molecule has 116 valence electrons. The summed E-state index contributed by atoms with van der Waals surface area (Å²) < 4.78 is 10.5. The summed E-state index contributed by atoms with van der Waals surface area (Å²) in [5, 5.41) is 14.0. The normalized spacial score (nSPS) is 14.3. The lowest BCUT2D eigenvalue weighted by molar-refractivity contribution is -0.136. The highest BCUT2D eigenvalue weighted by Crippen LogP contribution is 2.20. The molecule has 4 N–H and O–H groups in total. The molecule has 1 atom stereocenters. The number of benzene rings is 1. The van der Waals surface area contributed by atoms with Gasteiger partial charge in [-0.05, 0) is 37.6 Å². The highest BCUT2D eigenvalue weighted by molar-refractivity contribution is 5.97. The van der Waals surface area contributed by atoms with Gasteiger partial charge in [0.2, 0.25) is 0 Å². The van der Waals surface area contributed by atoms with Crippen molar-refractivity contribution in [3.8, 4) is 5.75 Å². The van der Waals surface area contributed by atoms with Gasteiger partial charge in [-0.15, -0.1) is 0 Å². The number of anilines is 1. The number of amidine groups is 1. The Hall–Kier alpha value is -2.28. The molecule has 0 bridgehead atoms. The average Bonchev–Trinajstić information content (AvgIpc) is 2.52. The highest BCUT2D eigenvalue weighted by atomic mass is 16.5. The van der Waals surface area contributed by atoms with Gasteiger partial charge in [0.05, 0.1) is 0 Å². The van der Waals surface area contributed by atoms with E-state index in [2.05, 4.69) is 10.5 Å². The number of hydrogen-bond donors (Lipinski definition) is 3. The molecule has 0 fully saturated rings. The predicted molar refractivity (Wildman–Crippen MR) is 79.7 cm³/mol. The Kier molecular flexibility index (Phi) is 5.98. The van der Waals surface area contributed by atoms with Crippen LogP contribution in [0.3, 0.4) is 0 Å². The highest BCUT2D eigenvalue weighted by Gasteiger charge is 2.30. The minimum Gasteiger partial charge on any atom is -0.486 e. The number of methoxy groups -OCH3 is 1. The first-order valence-electron chi connectivity index (χ1n) is 6.51. The molecule has 0 aliphatic heterocycles. The van der Waals surface area contributed by atoms with Crippen molar-refractivity contribution in [3.05, 3.63) is 24.3 Å². The fraction of sp³-hybridized carbons (Fsp3) is 0.429. The van der Waals surface area contributed by atoms with E-state index in [4.69, 9.17) is 20.4 Å². The molecule has 7 heteroatoms. The van der Waals surface area contributed by atoms with Crippen LogP contribution >= 0.6 is 0 Å². The number of hydrogen-bond acceptors (Lipinski definition) is 5. The summed E-state index contributed by atoms with van der Waals surface area (Å²) in [4.78, 5) is 12.1. The Bertz CT molecular complexity index is 495. The van der Waals surface area contributed by atoms with Gasteiger partial charge in [-0.3, -0.25) is 4.79 Å². The first-order valence-corrected chi connectivity index (χ1v) is 6.51. The van der Waals surface area contributed by atoms with E-state index >= 15 is 0 Å². The number of amides is 1. The van der Waals surface area contributed by atoms with Gasteiger partial charge in [0.1, 0.15) is 18.0 Å². The number of ether oxygens (including phenoxy) is 2. The fourth-order valence-corrected chi connectivity index (χ4v) is 1.48. The number of nitrogens with two attached hydrogens (primary N) is 1. The number of carbonyl (C=O) groups is 1. The number of carbonyl (C=O) groups excluding carboxylic acids is 1. The molecule has 0 heterocycles. The Morgan fingerprint density at radius 1 is 1.43 bits per heavy atom. The monoisotopic (exact) mass is 295 g/mol. The molecule has 1 aromatic carbocycles. The number of oxime groups is 1. The zero-order valence-electron chi connectivity index (χ0n) is 12.4. The smallest absolute Gasteiger partial charge is 0.256 e. The van der Waals surface area contributed by atoms with E-state index in [0.717, 1.165) is 0 Å². The lowest BCUT2D eigenvalue weighted by atomic mass is 10.0. The van der Waals surface area contributed by atoms with Crippen LogP contribution in [-0.2, 0) is 9.53 Å². The summed E-state index contributed by atoms with van der Waals surface area (Å²) in [5.41, 5.74) is 5.07.